The van der Waals surface area contributed by atoms with Crippen molar-refractivity contribution in [3.8, 4) is 11.3 Å². The molecule has 3 rings (SSSR count). The number of aromatic amines is 1. The van der Waals surface area contributed by atoms with Gasteiger partial charge < -0.3 is 10.2 Å². The highest BCUT2D eigenvalue weighted by atomic mass is 19.1. The van der Waals surface area contributed by atoms with Crippen molar-refractivity contribution in [3.05, 3.63) is 77.2 Å². The van der Waals surface area contributed by atoms with Gasteiger partial charge in [-0.05, 0) is 56.0 Å². The molecule has 0 aliphatic heterocycles. The minimum absolute atomic E-state index is 0.0273. The van der Waals surface area contributed by atoms with Crippen molar-refractivity contribution in [1.82, 2.24) is 20.4 Å². The van der Waals surface area contributed by atoms with Crippen LogP contribution in [0.15, 0.2) is 48.5 Å². The zero-order valence-electron chi connectivity index (χ0n) is 19.6. The van der Waals surface area contributed by atoms with Gasteiger partial charge in [-0.25, -0.2) is 13.2 Å². The van der Waals surface area contributed by atoms with Gasteiger partial charge in [0.05, 0.1) is 11.3 Å². The van der Waals surface area contributed by atoms with Crippen LogP contribution in [-0.2, 0) is 11.2 Å². The number of carbonyl (C=O) groups is 2. The minimum Gasteiger partial charge on any atom is -0.352 e. The molecule has 0 saturated carbocycles. The van der Waals surface area contributed by atoms with Gasteiger partial charge in [0.15, 0.2) is 0 Å². The highest BCUT2D eigenvalue weighted by Crippen LogP contribution is 2.19. The standard InChI is InChI=1S/C26H29F3N4O2/c1-33(25(34)10-6-13-30-26(35)22-12-11-20(28)16-23(22)29)14-4-2-3-9-21-17-24(32-31-21)18-7-5-8-19(27)15-18/h5,7-8,11-12,15-17H,2-4,6,9-10,13-14H2,1H3,(H,30,35)(H,31,32). The van der Waals surface area contributed by atoms with Crippen molar-refractivity contribution in [2.24, 2.45) is 0 Å². The van der Waals surface area contributed by atoms with E-state index in [9.17, 15) is 22.8 Å². The maximum atomic E-state index is 13.6. The summed E-state index contributed by atoms with van der Waals surface area (Å²) >= 11 is 0. The van der Waals surface area contributed by atoms with Gasteiger partial charge in [-0.15, -0.1) is 0 Å². The molecule has 2 N–H and O–H groups in total. The number of benzene rings is 2. The number of nitrogens with one attached hydrogen (secondary N) is 2. The first-order chi connectivity index (χ1) is 16.8. The normalized spacial score (nSPS) is 10.9. The molecule has 0 radical (unpaired) electrons. The molecule has 2 amide bonds. The van der Waals surface area contributed by atoms with Crippen molar-refractivity contribution in [2.45, 2.75) is 38.5 Å². The molecule has 1 heterocycles. The van der Waals surface area contributed by atoms with Crippen molar-refractivity contribution in [2.75, 3.05) is 20.1 Å². The summed E-state index contributed by atoms with van der Waals surface area (Å²) < 4.78 is 39.9. The number of rotatable bonds is 12. The highest BCUT2D eigenvalue weighted by molar-refractivity contribution is 5.94. The van der Waals surface area contributed by atoms with Crippen LogP contribution < -0.4 is 5.32 Å². The molecule has 0 saturated heterocycles. The van der Waals surface area contributed by atoms with E-state index in [-0.39, 0.29) is 30.3 Å². The Morgan fingerprint density at radius 2 is 1.77 bits per heavy atom. The number of halogens is 3. The van der Waals surface area contributed by atoms with Crippen LogP contribution in [0.25, 0.3) is 11.3 Å². The van der Waals surface area contributed by atoms with Crippen molar-refractivity contribution < 1.29 is 22.8 Å². The molecule has 0 aliphatic carbocycles. The van der Waals surface area contributed by atoms with Crippen LogP contribution in [0, 0.1) is 17.5 Å². The number of aryl methyl sites for hydroxylation is 1. The lowest BCUT2D eigenvalue weighted by Crippen LogP contribution is -2.30. The predicted molar refractivity (Wildman–Crippen MR) is 127 cm³/mol. The average molecular weight is 487 g/mol. The topological polar surface area (TPSA) is 78.1 Å². The summed E-state index contributed by atoms with van der Waals surface area (Å²) in [7, 11) is 1.75. The number of H-pyrrole nitrogens is 1. The summed E-state index contributed by atoms with van der Waals surface area (Å²) in [6.45, 7) is 0.848. The van der Waals surface area contributed by atoms with Gasteiger partial charge in [-0.2, -0.15) is 5.10 Å². The minimum atomic E-state index is -0.919. The van der Waals surface area contributed by atoms with Gasteiger partial charge in [-0.3, -0.25) is 14.7 Å². The quantitative estimate of drug-likeness (QED) is 0.359. The van der Waals surface area contributed by atoms with E-state index in [0.717, 1.165) is 49.1 Å². The molecule has 0 spiro atoms. The van der Waals surface area contributed by atoms with E-state index in [4.69, 9.17) is 0 Å². The molecule has 0 unspecified atom stereocenters. The summed E-state index contributed by atoms with van der Waals surface area (Å²) in [6, 6.07) is 11.0. The molecule has 0 bridgehead atoms. The van der Waals surface area contributed by atoms with E-state index >= 15 is 0 Å². The van der Waals surface area contributed by atoms with Crippen LogP contribution in [0.4, 0.5) is 13.2 Å². The highest BCUT2D eigenvalue weighted by Gasteiger charge is 2.13. The Hall–Kier alpha value is -3.62. The lowest BCUT2D eigenvalue weighted by molar-refractivity contribution is -0.130. The van der Waals surface area contributed by atoms with E-state index in [1.807, 2.05) is 12.1 Å². The third-order valence-corrected chi connectivity index (χ3v) is 5.65. The average Bonchev–Trinajstić information content (AvgIpc) is 3.30. The van der Waals surface area contributed by atoms with Gasteiger partial charge in [0.25, 0.3) is 5.91 Å². The first-order valence-electron chi connectivity index (χ1n) is 11.6. The number of hydrogen-bond acceptors (Lipinski definition) is 3. The fraction of sp³-hybridized carbons (Fsp3) is 0.346. The van der Waals surface area contributed by atoms with E-state index in [2.05, 4.69) is 15.5 Å². The molecule has 1 aromatic heterocycles. The molecule has 186 valence electrons. The number of hydrogen-bond donors (Lipinski definition) is 2. The summed E-state index contributed by atoms with van der Waals surface area (Å²) in [5.41, 5.74) is 2.20. The second-order valence-corrected chi connectivity index (χ2v) is 8.40. The molecule has 35 heavy (non-hydrogen) atoms. The van der Waals surface area contributed by atoms with Crippen LogP contribution in [0.1, 0.15) is 48.2 Å². The molecular weight excluding hydrogens is 457 g/mol. The smallest absolute Gasteiger partial charge is 0.254 e. The number of unbranched alkanes of at least 4 members (excludes halogenated alkanes) is 2. The molecule has 3 aromatic rings. The van der Waals surface area contributed by atoms with Gasteiger partial charge in [-0.1, -0.05) is 18.6 Å². The summed E-state index contributed by atoms with van der Waals surface area (Å²) in [5.74, 6) is -2.62. The number of amides is 2. The molecule has 0 atom stereocenters. The monoisotopic (exact) mass is 486 g/mol. The van der Waals surface area contributed by atoms with Crippen LogP contribution in [0.2, 0.25) is 0 Å². The SMILES string of the molecule is CN(CCCCCc1cc(-c2cccc(F)c2)n[nH]1)C(=O)CCCNC(=O)c1ccc(F)cc1F. The van der Waals surface area contributed by atoms with Crippen LogP contribution in [0.5, 0.6) is 0 Å². The lowest BCUT2D eigenvalue weighted by Gasteiger charge is -2.17. The molecular formula is C26H29F3N4O2. The molecule has 9 heteroatoms. The van der Waals surface area contributed by atoms with Crippen LogP contribution in [0.3, 0.4) is 0 Å². The summed E-state index contributed by atoms with van der Waals surface area (Å²) in [6.07, 6.45) is 4.22. The first-order valence-corrected chi connectivity index (χ1v) is 11.6. The second kappa shape index (κ2) is 12.7. The zero-order valence-corrected chi connectivity index (χ0v) is 19.6. The van der Waals surface area contributed by atoms with Gasteiger partial charge in [0.2, 0.25) is 5.91 Å². The lowest BCUT2D eigenvalue weighted by atomic mass is 10.1. The predicted octanol–water partition coefficient (Wildman–Crippen LogP) is 4.88. The van der Waals surface area contributed by atoms with Gasteiger partial charge in [0.1, 0.15) is 17.5 Å². The van der Waals surface area contributed by atoms with Crippen molar-refractivity contribution in [1.29, 1.82) is 0 Å². The maximum Gasteiger partial charge on any atom is 0.254 e. The molecule has 6 nitrogen and oxygen atoms in total. The van der Waals surface area contributed by atoms with Gasteiger partial charge in [0, 0.05) is 43.9 Å². The van der Waals surface area contributed by atoms with Crippen molar-refractivity contribution >= 4 is 11.8 Å². The van der Waals surface area contributed by atoms with Crippen LogP contribution in [-0.4, -0.2) is 47.0 Å². The molecule has 0 fully saturated rings. The summed E-state index contributed by atoms with van der Waals surface area (Å²) in [4.78, 5) is 25.9. The maximum absolute atomic E-state index is 13.6. The summed E-state index contributed by atoms with van der Waals surface area (Å²) in [5, 5.41) is 9.78. The van der Waals surface area contributed by atoms with Crippen molar-refractivity contribution in [3.63, 3.8) is 0 Å². The van der Waals surface area contributed by atoms with E-state index < -0.39 is 17.5 Å². The Bertz CT molecular complexity index is 1150. The Labute approximate surface area is 202 Å². The van der Waals surface area contributed by atoms with E-state index in [1.54, 1.807) is 18.0 Å². The van der Waals surface area contributed by atoms with E-state index in [1.165, 1.54) is 12.1 Å². The first kappa shape index (κ1) is 26.0. The number of carbonyl (C=O) groups excluding carboxylic acids is 2. The van der Waals surface area contributed by atoms with E-state index in [0.29, 0.717) is 24.7 Å². The largest absolute Gasteiger partial charge is 0.352 e. The van der Waals surface area contributed by atoms with Crippen LogP contribution >= 0.6 is 0 Å². The second-order valence-electron chi connectivity index (χ2n) is 8.40. The van der Waals surface area contributed by atoms with Gasteiger partial charge >= 0.3 is 0 Å². The Kier molecular flexibility index (Phi) is 9.46. The Balaban J connectivity index is 1.28. The number of nitrogens with zero attached hydrogens (tertiary/aromatic N) is 2. The third-order valence-electron chi connectivity index (χ3n) is 5.65. The Morgan fingerprint density at radius 1 is 0.971 bits per heavy atom. The zero-order chi connectivity index (χ0) is 25.2. The number of aromatic nitrogens is 2. The fourth-order valence-electron chi connectivity index (χ4n) is 3.65. The molecule has 0 aliphatic rings. The Morgan fingerprint density at radius 3 is 2.54 bits per heavy atom. The fourth-order valence-corrected chi connectivity index (χ4v) is 3.65. The third kappa shape index (κ3) is 7.98. The molecule has 2 aromatic carbocycles.